The minimum Gasteiger partial charge on any atom is -0.495 e. The number of methoxy groups -OCH3 is 1. The van der Waals surface area contributed by atoms with Crippen molar-refractivity contribution in [3.05, 3.63) is 77.2 Å². The van der Waals surface area contributed by atoms with Gasteiger partial charge in [0.25, 0.3) is 0 Å². The topological polar surface area (TPSA) is 63.7 Å². The Bertz CT molecular complexity index is 1130. The summed E-state index contributed by atoms with van der Waals surface area (Å²) in [6.07, 6.45) is 0. The Morgan fingerprint density at radius 1 is 1.07 bits per heavy atom. The monoisotopic (exact) mass is 404 g/mol. The summed E-state index contributed by atoms with van der Waals surface area (Å²) >= 11 is 3.16. The van der Waals surface area contributed by atoms with Gasteiger partial charge in [-0.3, -0.25) is 4.57 Å². The van der Waals surface area contributed by atoms with Crippen LogP contribution in [0.15, 0.2) is 71.2 Å². The number of thiophene rings is 1. The molecule has 0 amide bonds. The van der Waals surface area contributed by atoms with Gasteiger partial charge >= 0.3 is 0 Å². The molecule has 0 saturated heterocycles. The molecule has 0 spiro atoms. The Kier molecular flexibility index (Phi) is 5.42. The van der Waals surface area contributed by atoms with Crippen LogP contribution in [0, 0.1) is 11.3 Å². The van der Waals surface area contributed by atoms with Gasteiger partial charge in [-0.1, -0.05) is 48.2 Å². The summed E-state index contributed by atoms with van der Waals surface area (Å²) in [5, 5.41) is 21.0. The van der Waals surface area contributed by atoms with Crippen LogP contribution in [-0.4, -0.2) is 21.9 Å². The molecule has 4 rings (SSSR count). The maximum Gasteiger partial charge on any atom is 0.196 e. The highest BCUT2D eigenvalue weighted by Crippen LogP contribution is 2.35. The summed E-state index contributed by atoms with van der Waals surface area (Å²) in [6.45, 7) is 0. The number of hydrogen-bond donors (Lipinski definition) is 0. The second kappa shape index (κ2) is 8.30. The average molecular weight is 405 g/mol. The number of aromatic nitrogens is 3. The fourth-order valence-electron chi connectivity index (χ4n) is 2.86. The minimum absolute atomic E-state index is 0.626. The van der Waals surface area contributed by atoms with E-state index in [2.05, 4.69) is 16.3 Å². The number of thioether (sulfide) groups is 1. The average Bonchev–Trinajstić information content (AvgIpc) is 3.42. The van der Waals surface area contributed by atoms with E-state index in [4.69, 9.17) is 4.74 Å². The smallest absolute Gasteiger partial charge is 0.196 e. The number of rotatable bonds is 6. The Hall–Kier alpha value is -3.08. The van der Waals surface area contributed by atoms with E-state index in [1.807, 2.05) is 70.6 Å². The normalized spacial score (nSPS) is 10.6. The van der Waals surface area contributed by atoms with E-state index < -0.39 is 0 Å². The summed E-state index contributed by atoms with van der Waals surface area (Å²) in [5.74, 6) is 2.15. The zero-order valence-corrected chi connectivity index (χ0v) is 16.7. The SMILES string of the molecule is COc1ccccc1-n1c(SCc2ccccc2C#N)nnc1-c1cccs1. The molecule has 0 radical (unpaired) electrons. The molecule has 2 aromatic carbocycles. The summed E-state index contributed by atoms with van der Waals surface area (Å²) in [5.41, 5.74) is 2.54. The molecule has 0 N–H and O–H groups in total. The van der Waals surface area contributed by atoms with Crippen molar-refractivity contribution in [3.63, 3.8) is 0 Å². The summed E-state index contributed by atoms with van der Waals surface area (Å²) in [6, 6.07) is 21.7. The van der Waals surface area contributed by atoms with E-state index in [0.29, 0.717) is 11.3 Å². The van der Waals surface area contributed by atoms with Gasteiger partial charge in [0.2, 0.25) is 0 Å². The lowest BCUT2D eigenvalue weighted by molar-refractivity contribution is 0.412. The number of nitrogens with zero attached hydrogens (tertiary/aromatic N) is 4. The largest absolute Gasteiger partial charge is 0.495 e. The first-order chi connectivity index (χ1) is 13.8. The second-order valence-corrected chi connectivity index (χ2v) is 7.74. The van der Waals surface area contributed by atoms with E-state index >= 15 is 0 Å². The van der Waals surface area contributed by atoms with Crippen LogP contribution >= 0.6 is 23.1 Å². The molecular formula is C21H16N4OS2. The Balaban J connectivity index is 1.77. The number of hydrogen-bond acceptors (Lipinski definition) is 6. The van der Waals surface area contributed by atoms with Gasteiger partial charge in [0.1, 0.15) is 5.75 Å². The van der Waals surface area contributed by atoms with Gasteiger partial charge in [-0.15, -0.1) is 21.5 Å². The van der Waals surface area contributed by atoms with Crippen molar-refractivity contribution in [2.75, 3.05) is 7.11 Å². The lowest BCUT2D eigenvalue weighted by atomic mass is 10.1. The lowest BCUT2D eigenvalue weighted by Crippen LogP contribution is -2.02. The van der Waals surface area contributed by atoms with E-state index in [1.165, 1.54) is 0 Å². The molecular weight excluding hydrogens is 388 g/mol. The molecule has 7 heteroatoms. The quantitative estimate of drug-likeness (QED) is 0.415. The molecule has 0 saturated carbocycles. The predicted molar refractivity (Wildman–Crippen MR) is 112 cm³/mol. The van der Waals surface area contributed by atoms with Gasteiger partial charge in [-0.05, 0) is 35.2 Å². The zero-order valence-electron chi connectivity index (χ0n) is 15.1. The lowest BCUT2D eigenvalue weighted by Gasteiger charge is -2.13. The van der Waals surface area contributed by atoms with Crippen LogP contribution in [0.3, 0.4) is 0 Å². The number of ether oxygens (including phenoxy) is 1. The molecule has 0 aliphatic heterocycles. The van der Waals surface area contributed by atoms with E-state index in [1.54, 1.807) is 30.2 Å². The standard InChI is InChI=1S/C21H16N4OS2/c1-26-18-10-5-4-9-17(18)25-20(19-11-6-12-27-19)23-24-21(25)28-14-16-8-3-2-7-15(16)13-22/h2-12H,14H2,1H3. The molecule has 0 aliphatic rings. The van der Waals surface area contributed by atoms with Crippen LogP contribution in [0.2, 0.25) is 0 Å². The van der Waals surface area contributed by atoms with Crippen LogP contribution in [0.1, 0.15) is 11.1 Å². The first-order valence-corrected chi connectivity index (χ1v) is 10.4. The van der Waals surface area contributed by atoms with Crippen LogP contribution in [0.4, 0.5) is 0 Å². The van der Waals surface area contributed by atoms with Crippen molar-refractivity contribution < 1.29 is 4.74 Å². The van der Waals surface area contributed by atoms with E-state index in [0.717, 1.165) is 32.9 Å². The van der Waals surface area contributed by atoms with Crippen LogP contribution in [-0.2, 0) is 5.75 Å². The zero-order chi connectivity index (χ0) is 19.3. The van der Waals surface area contributed by atoms with Crippen molar-refractivity contribution >= 4 is 23.1 Å². The molecule has 0 bridgehead atoms. The molecule has 2 heterocycles. The van der Waals surface area contributed by atoms with Crippen LogP contribution in [0.5, 0.6) is 5.75 Å². The molecule has 5 nitrogen and oxygen atoms in total. The highest BCUT2D eigenvalue weighted by atomic mass is 32.2. The van der Waals surface area contributed by atoms with E-state index in [9.17, 15) is 5.26 Å². The van der Waals surface area contributed by atoms with Crippen molar-refractivity contribution in [2.24, 2.45) is 0 Å². The first kappa shape index (κ1) is 18.3. The fraction of sp³-hybridized carbons (Fsp3) is 0.0952. The van der Waals surface area contributed by atoms with Gasteiger partial charge in [0.15, 0.2) is 11.0 Å². The first-order valence-electron chi connectivity index (χ1n) is 8.55. The number of para-hydroxylation sites is 2. The number of benzene rings is 2. The third-order valence-electron chi connectivity index (χ3n) is 4.20. The van der Waals surface area contributed by atoms with Crippen molar-refractivity contribution in [2.45, 2.75) is 10.9 Å². The van der Waals surface area contributed by atoms with Gasteiger partial charge in [0.05, 0.1) is 29.3 Å². The summed E-state index contributed by atoms with van der Waals surface area (Å²) < 4.78 is 7.59. The van der Waals surface area contributed by atoms with E-state index in [-0.39, 0.29) is 0 Å². The molecule has 0 aliphatic carbocycles. The minimum atomic E-state index is 0.626. The molecule has 0 unspecified atom stereocenters. The molecule has 2 aromatic heterocycles. The summed E-state index contributed by atoms with van der Waals surface area (Å²) in [4.78, 5) is 1.03. The van der Waals surface area contributed by atoms with Gasteiger partial charge < -0.3 is 4.74 Å². The van der Waals surface area contributed by atoms with Gasteiger partial charge in [-0.2, -0.15) is 5.26 Å². The highest BCUT2D eigenvalue weighted by Gasteiger charge is 2.19. The molecule has 28 heavy (non-hydrogen) atoms. The van der Waals surface area contributed by atoms with Crippen molar-refractivity contribution in [1.82, 2.24) is 14.8 Å². The Morgan fingerprint density at radius 2 is 1.89 bits per heavy atom. The van der Waals surface area contributed by atoms with Crippen LogP contribution < -0.4 is 4.74 Å². The predicted octanol–water partition coefficient (Wildman–Crippen LogP) is 5.17. The summed E-state index contributed by atoms with van der Waals surface area (Å²) in [7, 11) is 1.66. The molecule has 0 atom stereocenters. The third-order valence-corrected chi connectivity index (χ3v) is 6.04. The van der Waals surface area contributed by atoms with Gasteiger partial charge in [0, 0.05) is 5.75 Å². The molecule has 4 aromatic rings. The van der Waals surface area contributed by atoms with Crippen LogP contribution in [0.25, 0.3) is 16.4 Å². The highest BCUT2D eigenvalue weighted by molar-refractivity contribution is 7.98. The molecule has 138 valence electrons. The van der Waals surface area contributed by atoms with Crippen molar-refractivity contribution in [1.29, 1.82) is 5.26 Å². The molecule has 0 fully saturated rings. The maximum absolute atomic E-state index is 9.34. The maximum atomic E-state index is 9.34. The number of nitriles is 1. The van der Waals surface area contributed by atoms with Crippen molar-refractivity contribution in [3.8, 4) is 28.2 Å². The fourth-order valence-corrected chi connectivity index (χ4v) is 4.51. The Labute approximate surface area is 171 Å². The third kappa shape index (κ3) is 3.52. The second-order valence-electron chi connectivity index (χ2n) is 5.85. The van der Waals surface area contributed by atoms with Gasteiger partial charge in [-0.25, -0.2) is 0 Å². The Morgan fingerprint density at radius 3 is 2.68 bits per heavy atom.